The van der Waals surface area contributed by atoms with Crippen molar-refractivity contribution in [3.8, 4) is 0 Å². The van der Waals surface area contributed by atoms with Gasteiger partial charge in [-0.2, -0.15) is 0 Å². The van der Waals surface area contributed by atoms with E-state index in [1.54, 1.807) is 12.1 Å². The number of carbonyl (C=O) groups is 4. The number of anilines is 1. The van der Waals surface area contributed by atoms with E-state index in [1.165, 1.54) is 51.9 Å². The van der Waals surface area contributed by atoms with E-state index < -0.39 is 11.9 Å². The number of nitrogens with one attached hydrogen (secondary N) is 1. The molecule has 0 radical (unpaired) electrons. The van der Waals surface area contributed by atoms with Gasteiger partial charge in [-0.1, -0.05) is 38.7 Å². The molecule has 3 aliphatic rings. The van der Waals surface area contributed by atoms with Gasteiger partial charge >= 0.3 is 0 Å². The molecule has 1 N–H and O–H groups in total. The second kappa shape index (κ2) is 19.5. The number of hydrogen-bond donors (Lipinski definition) is 1. The molecule has 59 heavy (non-hydrogen) atoms. The number of allylic oxidation sites excluding steroid dienone is 2. The summed E-state index contributed by atoms with van der Waals surface area (Å²) in [7, 11) is 5.72. The molecule has 1 saturated carbocycles. The molecule has 12 nitrogen and oxygen atoms in total. The number of ether oxygens (including phenoxy) is 3. The third-order valence-corrected chi connectivity index (χ3v) is 13.2. The second-order valence-electron chi connectivity index (χ2n) is 16.1. The highest BCUT2D eigenvalue weighted by atomic mass is 31.1. The van der Waals surface area contributed by atoms with Crippen LogP contribution in [0.15, 0.2) is 72.8 Å². The second-order valence-corrected chi connectivity index (χ2v) is 17.3. The molecule has 13 heteroatoms. The predicted molar refractivity (Wildman–Crippen MR) is 233 cm³/mol. The number of likely N-dealkylation sites (N-methyl/N-ethyl adjacent to an activating group) is 2. The lowest BCUT2D eigenvalue weighted by Crippen LogP contribution is -2.64. The molecule has 2 aliphatic heterocycles. The number of aromatic nitrogens is 2. The first-order valence-electron chi connectivity index (χ1n) is 20.8. The third-order valence-electron chi connectivity index (χ3n) is 12.0. The summed E-state index contributed by atoms with van der Waals surface area (Å²) in [5.41, 5.74) is 6.54. The number of rotatable bonds is 21. The topological polar surface area (TPSA) is 132 Å². The number of pyridine rings is 1. The average Bonchev–Trinajstić information content (AvgIpc) is 3.52. The largest absolute Gasteiger partial charge is 0.381 e. The fourth-order valence-electron chi connectivity index (χ4n) is 8.65. The maximum absolute atomic E-state index is 13.3. The molecule has 2 fully saturated rings. The molecule has 3 unspecified atom stereocenters. The van der Waals surface area contributed by atoms with Crippen LogP contribution in [-0.4, -0.2) is 110 Å². The predicted octanol–water partition coefficient (Wildman–Crippen LogP) is 6.90. The van der Waals surface area contributed by atoms with Gasteiger partial charge in [-0.3, -0.25) is 19.4 Å². The van der Waals surface area contributed by atoms with E-state index >= 15 is 0 Å². The molecule has 4 heterocycles. The summed E-state index contributed by atoms with van der Waals surface area (Å²) >= 11 is 0. The van der Waals surface area contributed by atoms with E-state index in [1.807, 2.05) is 18.5 Å². The van der Waals surface area contributed by atoms with Gasteiger partial charge in [0.05, 0.1) is 23.0 Å². The highest BCUT2D eigenvalue weighted by molar-refractivity contribution is 7.43. The van der Waals surface area contributed by atoms with Gasteiger partial charge in [0.2, 0.25) is 5.91 Å². The van der Waals surface area contributed by atoms with Crippen LogP contribution in [0.5, 0.6) is 0 Å². The maximum Gasteiger partial charge on any atom is 0.255 e. The number of unbranched alkanes of at least 4 members (excludes halogenated alkanes) is 2. The van der Waals surface area contributed by atoms with E-state index in [9.17, 15) is 19.2 Å². The van der Waals surface area contributed by atoms with Gasteiger partial charge in [0, 0.05) is 112 Å². The smallest absolute Gasteiger partial charge is 0.255 e. The molecule has 2 aromatic heterocycles. The van der Waals surface area contributed by atoms with E-state index in [0.717, 1.165) is 90.0 Å². The Hall–Kier alpha value is -4.74. The van der Waals surface area contributed by atoms with Crippen LogP contribution in [0.2, 0.25) is 0 Å². The van der Waals surface area contributed by atoms with Crippen molar-refractivity contribution < 1.29 is 33.4 Å². The Morgan fingerprint density at radius 1 is 0.983 bits per heavy atom. The Labute approximate surface area is 348 Å². The first kappa shape index (κ1) is 42.4. The Morgan fingerprint density at radius 3 is 2.46 bits per heavy atom. The normalized spacial score (nSPS) is 18.1. The van der Waals surface area contributed by atoms with Crippen LogP contribution in [0.1, 0.15) is 77.6 Å². The van der Waals surface area contributed by atoms with Gasteiger partial charge in [-0.15, -0.1) is 0 Å². The molecule has 312 valence electrons. The standard InChI is InChI=1S/C46H56N5O7P/c1-47-44(54)41(9-8-18-52)50(3)45(55)37-14-12-35(23-34(37)28-53)51-30-46(31-51)25-36(26-46)57-21-6-4-19-56-20-5-7-22-58-43-15-11-33(29-59-43)32-10-13-38-39-27-48-17-16-40(39)49(2)42(38)24-32/h10-18,23-24,27-29,36,41,43,59H,4-9,19-22,25-26,30-31H2,1-3H3,(H,47,54). The summed E-state index contributed by atoms with van der Waals surface area (Å²) in [5.74, 6) is 1.66. The summed E-state index contributed by atoms with van der Waals surface area (Å²) in [6.07, 6.45) is 16.2. The van der Waals surface area contributed by atoms with Crippen LogP contribution in [-0.2, 0) is 30.8 Å². The number of carbonyl (C=O) groups excluding carboxylic acids is 4. The summed E-state index contributed by atoms with van der Waals surface area (Å²) in [5, 5.41) is 4.97. The quantitative estimate of drug-likeness (QED) is 0.0542. The summed E-state index contributed by atoms with van der Waals surface area (Å²) in [6.45, 7) is 4.74. The number of hydrogen-bond acceptors (Lipinski definition) is 9. The number of aldehydes is 2. The zero-order valence-corrected chi connectivity index (χ0v) is 35.4. The first-order chi connectivity index (χ1) is 28.7. The molecule has 2 amide bonds. The van der Waals surface area contributed by atoms with Crippen LogP contribution in [0.3, 0.4) is 0 Å². The molecule has 4 aromatic rings. The minimum Gasteiger partial charge on any atom is -0.381 e. The van der Waals surface area contributed by atoms with Crippen LogP contribution >= 0.6 is 8.58 Å². The van der Waals surface area contributed by atoms with Crippen molar-refractivity contribution in [2.24, 2.45) is 12.5 Å². The fraction of sp³-hybridized carbons (Fsp3) is 0.457. The molecule has 7 rings (SSSR count). The number of nitrogens with zero attached hydrogens (tertiary/aromatic N) is 4. The minimum absolute atomic E-state index is 0.139. The maximum atomic E-state index is 13.3. The molecule has 0 bridgehead atoms. The zero-order chi connectivity index (χ0) is 41.4. The average molecular weight is 822 g/mol. The van der Waals surface area contributed by atoms with Crippen molar-refractivity contribution in [3.63, 3.8) is 0 Å². The highest BCUT2D eigenvalue weighted by Crippen LogP contribution is 2.51. The van der Waals surface area contributed by atoms with Crippen LogP contribution < -0.4 is 10.2 Å². The van der Waals surface area contributed by atoms with E-state index in [0.29, 0.717) is 14.9 Å². The molecule has 1 saturated heterocycles. The molecule has 1 aliphatic carbocycles. The molecular weight excluding hydrogens is 766 g/mol. The van der Waals surface area contributed by atoms with Crippen molar-refractivity contribution in [1.82, 2.24) is 19.8 Å². The lowest BCUT2D eigenvalue weighted by molar-refractivity contribution is -0.125. The molecule has 2 aromatic carbocycles. The van der Waals surface area contributed by atoms with Crippen molar-refractivity contribution in [3.05, 3.63) is 89.5 Å². The molecule has 1 spiro atoms. The van der Waals surface area contributed by atoms with Crippen molar-refractivity contribution in [2.45, 2.75) is 69.4 Å². The van der Waals surface area contributed by atoms with E-state index in [4.69, 9.17) is 14.2 Å². The zero-order valence-electron chi connectivity index (χ0n) is 34.4. The number of benzene rings is 2. The van der Waals surface area contributed by atoms with Crippen LogP contribution in [0, 0.1) is 5.41 Å². The van der Waals surface area contributed by atoms with E-state index in [-0.39, 0.29) is 47.2 Å². The highest BCUT2D eigenvalue weighted by Gasteiger charge is 2.53. The lowest BCUT2D eigenvalue weighted by atomic mass is 9.61. The Kier molecular flexibility index (Phi) is 14.0. The Balaban J connectivity index is 0.717. The van der Waals surface area contributed by atoms with Gasteiger partial charge in [0.1, 0.15) is 12.3 Å². The summed E-state index contributed by atoms with van der Waals surface area (Å²) in [4.78, 5) is 56.5. The fourth-order valence-corrected chi connectivity index (χ4v) is 9.68. The third kappa shape index (κ3) is 9.68. The van der Waals surface area contributed by atoms with Gasteiger partial charge in [-0.05, 0) is 86.4 Å². The van der Waals surface area contributed by atoms with E-state index in [2.05, 4.69) is 69.1 Å². The number of aryl methyl sites for hydroxylation is 1. The summed E-state index contributed by atoms with van der Waals surface area (Å²) < 4.78 is 20.4. The SMILES string of the molecule is CNC(=O)C(CCC=O)N(C)C(=O)c1ccc(N2CC3(CC(OCCCCOCCCCOC4C=CC(c5ccc6c7cnccc7n(C)c6c5)=CP4)C3)C2)cc1C=O. The van der Waals surface area contributed by atoms with Gasteiger partial charge in [-0.25, -0.2) is 0 Å². The van der Waals surface area contributed by atoms with Gasteiger partial charge in [0.15, 0.2) is 6.29 Å². The van der Waals surface area contributed by atoms with Crippen molar-refractivity contribution in [1.29, 1.82) is 0 Å². The summed E-state index contributed by atoms with van der Waals surface area (Å²) in [6, 6.07) is 13.2. The van der Waals surface area contributed by atoms with Gasteiger partial charge < -0.3 is 38.7 Å². The Bertz CT molecular complexity index is 2200. The van der Waals surface area contributed by atoms with Crippen LogP contribution in [0.4, 0.5) is 5.69 Å². The van der Waals surface area contributed by atoms with Crippen molar-refractivity contribution >= 4 is 66.0 Å². The number of amides is 2. The monoisotopic (exact) mass is 821 g/mol. The molecule has 3 atom stereocenters. The van der Waals surface area contributed by atoms with Crippen molar-refractivity contribution in [2.75, 3.05) is 58.5 Å². The van der Waals surface area contributed by atoms with Gasteiger partial charge in [0.25, 0.3) is 5.91 Å². The minimum atomic E-state index is -0.807. The first-order valence-corrected chi connectivity index (χ1v) is 21.9. The Morgan fingerprint density at radius 2 is 1.75 bits per heavy atom. The molecular formula is C46H56N5O7P. The number of fused-ring (bicyclic) bond motifs is 3. The lowest BCUT2D eigenvalue weighted by Gasteiger charge is -2.59. The van der Waals surface area contributed by atoms with Crippen LogP contribution in [0.25, 0.3) is 27.4 Å².